The fraction of sp³-hybridized carbons (Fsp3) is 1.00. The number of rotatable bonds is 2. The molecule has 0 aromatic rings. The van der Waals surface area contributed by atoms with Crippen molar-refractivity contribution in [1.29, 1.82) is 0 Å². The third-order valence-corrected chi connectivity index (χ3v) is 3.31. The van der Waals surface area contributed by atoms with Gasteiger partial charge in [-0.25, -0.2) is 0 Å². The van der Waals surface area contributed by atoms with Crippen molar-refractivity contribution in [2.75, 3.05) is 0 Å². The van der Waals surface area contributed by atoms with E-state index in [4.69, 9.17) is 9.47 Å². The van der Waals surface area contributed by atoms with Gasteiger partial charge in [-0.2, -0.15) is 0 Å². The Hall–Kier alpha value is -0.0800. The van der Waals surface area contributed by atoms with Crippen LogP contribution in [0, 0.1) is 5.92 Å². The summed E-state index contributed by atoms with van der Waals surface area (Å²) in [6.45, 7) is 2.23. The van der Waals surface area contributed by atoms with Crippen molar-refractivity contribution in [1.82, 2.24) is 0 Å². The van der Waals surface area contributed by atoms with Crippen molar-refractivity contribution >= 4 is 0 Å². The topological polar surface area (TPSA) is 25.1 Å². The molecular formula is C9H14O2. The van der Waals surface area contributed by atoms with E-state index in [9.17, 15) is 0 Å². The van der Waals surface area contributed by atoms with E-state index in [0.29, 0.717) is 5.92 Å². The Kier molecular flexibility index (Phi) is 0.961. The van der Waals surface area contributed by atoms with Gasteiger partial charge in [-0.1, -0.05) is 13.3 Å². The summed E-state index contributed by atoms with van der Waals surface area (Å²) in [5.74, 6) is 0.632. The van der Waals surface area contributed by atoms with Gasteiger partial charge in [-0.15, -0.1) is 0 Å². The fourth-order valence-corrected chi connectivity index (χ4v) is 2.65. The highest BCUT2D eigenvalue weighted by Crippen LogP contribution is 2.76. The lowest BCUT2D eigenvalue weighted by molar-refractivity contribution is -0.110. The van der Waals surface area contributed by atoms with E-state index in [2.05, 4.69) is 6.92 Å². The van der Waals surface area contributed by atoms with Crippen LogP contribution in [0.1, 0.15) is 39.0 Å². The van der Waals surface area contributed by atoms with Gasteiger partial charge >= 0.3 is 0 Å². The first kappa shape index (κ1) is 6.44. The summed E-state index contributed by atoms with van der Waals surface area (Å²) in [5.41, 5.74) is 0. The fourth-order valence-electron chi connectivity index (χ4n) is 2.65. The Morgan fingerprint density at radius 1 is 1.45 bits per heavy atom. The van der Waals surface area contributed by atoms with E-state index in [0.717, 1.165) is 6.42 Å². The van der Waals surface area contributed by atoms with E-state index in [1.807, 2.05) is 0 Å². The van der Waals surface area contributed by atoms with Gasteiger partial charge in [0.1, 0.15) is 0 Å². The highest BCUT2D eigenvalue weighted by molar-refractivity contribution is 5.22. The Bertz CT molecular complexity index is 192. The smallest absolute Gasteiger partial charge is 0.232 e. The molecule has 0 spiro atoms. The second-order valence-corrected chi connectivity index (χ2v) is 4.00. The molecule has 1 saturated carbocycles. The molecule has 0 aromatic carbocycles. The highest BCUT2D eigenvalue weighted by atomic mass is 17.0. The zero-order valence-corrected chi connectivity index (χ0v) is 6.93. The lowest BCUT2D eigenvalue weighted by Crippen LogP contribution is -2.17. The molecular weight excluding hydrogens is 140 g/mol. The average molecular weight is 154 g/mol. The molecule has 2 aliphatic heterocycles. The van der Waals surface area contributed by atoms with Crippen LogP contribution in [0.4, 0.5) is 0 Å². The van der Waals surface area contributed by atoms with Crippen LogP contribution >= 0.6 is 0 Å². The SMILES string of the molecule is CCCC1CCCC23OC12O3. The number of epoxide rings is 2. The molecule has 1 aliphatic carbocycles. The molecule has 0 amide bonds. The van der Waals surface area contributed by atoms with Crippen molar-refractivity contribution in [3.8, 4) is 0 Å². The molecule has 0 N–H and O–H groups in total. The van der Waals surface area contributed by atoms with E-state index < -0.39 is 0 Å². The summed E-state index contributed by atoms with van der Waals surface area (Å²) in [7, 11) is 0. The average Bonchev–Trinajstić information content (AvgIpc) is 2.73. The molecule has 2 heteroatoms. The zero-order valence-electron chi connectivity index (χ0n) is 6.93. The van der Waals surface area contributed by atoms with Gasteiger partial charge in [0.15, 0.2) is 0 Å². The van der Waals surface area contributed by atoms with Gasteiger partial charge in [0.25, 0.3) is 0 Å². The standard InChI is InChI=1S/C9H14O2/c1-2-4-7-5-3-6-8-9(7,10-8)11-8/h7H,2-6H2,1H3. The largest absolute Gasteiger partial charge is 0.307 e. The molecule has 3 fully saturated rings. The van der Waals surface area contributed by atoms with Crippen LogP contribution in [0.15, 0.2) is 0 Å². The summed E-state index contributed by atoms with van der Waals surface area (Å²) in [4.78, 5) is 0. The molecule has 11 heavy (non-hydrogen) atoms. The summed E-state index contributed by atoms with van der Waals surface area (Å²) < 4.78 is 11.2. The number of hydrogen-bond donors (Lipinski definition) is 0. The van der Waals surface area contributed by atoms with Crippen molar-refractivity contribution in [2.24, 2.45) is 5.92 Å². The molecule has 2 heterocycles. The minimum absolute atomic E-state index is 0.0366. The summed E-state index contributed by atoms with van der Waals surface area (Å²) >= 11 is 0. The number of ether oxygens (including phenoxy) is 2. The van der Waals surface area contributed by atoms with Crippen LogP contribution in [0.25, 0.3) is 0 Å². The van der Waals surface area contributed by atoms with Gasteiger partial charge in [-0.3, -0.25) is 0 Å². The molecule has 1 unspecified atom stereocenters. The Morgan fingerprint density at radius 3 is 3.00 bits per heavy atom. The van der Waals surface area contributed by atoms with Crippen LogP contribution in [-0.2, 0) is 9.47 Å². The predicted octanol–water partition coefficient (Wildman–Crippen LogP) is 2.04. The second kappa shape index (κ2) is 1.64. The van der Waals surface area contributed by atoms with Gasteiger partial charge in [0.2, 0.25) is 11.6 Å². The quantitative estimate of drug-likeness (QED) is 0.568. The first-order valence-electron chi connectivity index (χ1n) is 4.73. The van der Waals surface area contributed by atoms with Crippen molar-refractivity contribution in [3.63, 3.8) is 0 Å². The maximum absolute atomic E-state index is 5.58. The van der Waals surface area contributed by atoms with Gasteiger partial charge in [0.05, 0.1) is 0 Å². The lowest BCUT2D eigenvalue weighted by atomic mass is 9.86. The van der Waals surface area contributed by atoms with Crippen molar-refractivity contribution in [2.45, 2.75) is 50.6 Å². The normalized spacial score (nSPS) is 58.1. The third kappa shape index (κ3) is 0.574. The monoisotopic (exact) mass is 154 g/mol. The van der Waals surface area contributed by atoms with Crippen LogP contribution in [0.5, 0.6) is 0 Å². The first-order valence-corrected chi connectivity index (χ1v) is 4.73. The highest BCUT2D eigenvalue weighted by Gasteiger charge is 2.93. The molecule has 0 bridgehead atoms. The molecule has 3 aliphatic rings. The summed E-state index contributed by atoms with van der Waals surface area (Å²) in [5, 5.41) is 0. The number of hydrogen-bond acceptors (Lipinski definition) is 2. The maximum atomic E-state index is 5.58. The molecule has 3 rings (SSSR count). The molecule has 62 valence electrons. The van der Waals surface area contributed by atoms with E-state index >= 15 is 0 Å². The Balaban J connectivity index is 1.76. The van der Waals surface area contributed by atoms with E-state index in [-0.39, 0.29) is 11.6 Å². The molecule has 0 aromatic heterocycles. The van der Waals surface area contributed by atoms with E-state index in [1.165, 1.54) is 25.7 Å². The van der Waals surface area contributed by atoms with Crippen molar-refractivity contribution < 1.29 is 9.47 Å². The Morgan fingerprint density at radius 2 is 2.27 bits per heavy atom. The van der Waals surface area contributed by atoms with Crippen molar-refractivity contribution in [3.05, 3.63) is 0 Å². The van der Waals surface area contributed by atoms with Crippen LogP contribution in [0.3, 0.4) is 0 Å². The molecule has 1 atom stereocenters. The predicted molar refractivity (Wildman–Crippen MR) is 39.9 cm³/mol. The molecule has 2 saturated heterocycles. The Labute approximate surface area is 66.9 Å². The van der Waals surface area contributed by atoms with Crippen LogP contribution in [-0.4, -0.2) is 11.6 Å². The zero-order chi connectivity index (χ0) is 7.53. The van der Waals surface area contributed by atoms with Gasteiger partial charge in [-0.05, 0) is 19.3 Å². The maximum Gasteiger partial charge on any atom is 0.232 e. The second-order valence-electron chi connectivity index (χ2n) is 4.00. The van der Waals surface area contributed by atoms with Crippen LogP contribution in [0.2, 0.25) is 0 Å². The minimum atomic E-state index is -0.0404. The summed E-state index contributed by atoms with van der Waals surface area (Å²) in [6.07, 6.45) is 6.30. The van der Waals surface area contributed by atoms with Gasteiger partial charge in [0, 0.05) is 12.3 Å². The minimum Gasteiger partial charge on any atom is -0.307 e. The van der Waals surface area contributed by atoms with Gasteiger partial charge < -0.3 is 9.47 Å². The third-order valence-electron chi connectivity index (χ3n) is 3.31. The lowest BCUT2D eigenvalue weighted by Gasteiger charge is -2.14. The molecule has 0 radical (unpaired) electrons. The van der Waals surface area contributed by atoms with Crippen LogP contribution < -0.4 is 0 Å². The first-order chi connectivity index (χ1) is 5.33. The molecule has 2 nitrogen and oxygen atoms in total. The summed E-state index contributed by atoms with van der Waals surface area (Å²) in [6, 6.07) is 0. The van der Waals surface area contributed by atoms with E-state index in [1.54, 1.807) is 0 Å².